The predicted octanol–water partition coefficient (Wildman–Crippen LogP) is 0.755. The number of piperazine rings is 1. The summed E-state index contributed by atoms with van der Waals surface area (Å²) in [6.07, 6.45) is 5.25. The highest BCUT2D eigenvalue weighted by Crippen LogP contribution is 2.11. The Morgan fingerprint density at radius 1 is 0.852 bits per heavy atom. The van der Waals surface area contributed by atoms with Crippen LogP contribution in [-0.2, 0) is 14.3 Å². The molecular weight excluding hydrogens is 391 g/mol. The lowest BCUT2D eigenvalue weighted by Crippen LogP contribution is -2.53. The second kappa shape index (κ2) is 12.8. The molecule has 1 N–H and O–H groups in total. The first-order valence-electron chi connectivity index (χ1n) is 9.81. The van der Waals surface area contributed by atoms with Crippen molar-refractivity contribution in [1.29, 1.82) is 0 Å². The first-order chi connectivity index (χ1) is 12.2. The van der Waals surface area contributed by atoms with Crippen molar-refractivity contribution in [3.05, 3.63) is 0 Å². The molecule has 0 bridgehead atoms. The van der Waals surface area contributed by atoms with E-state index in [0.29, 0.717) is 19.6 Å². The first kappa shape index (κ1) is 24.4. The number of halogens is 2. The first-order valence-corrected chi connectivity index (χ1v) is 9.81. The Balaban J connectivity index is 0.00000182. The molecule has 0 aliphatic carbocycles. The quantitative estimate of drug-likeness (QED) is 0.721. The van der Waals surface area contributed by atoms with Gasteiger partial charge in [-0.3, -0.25) is 14.5 Å². The molecule has 3 aliphatic rings. The van der Waals surface area contributed by atoms with Crippen LogP contribution in [0.1, 0.15) is 32.1 Å². The van der Waals surface area contributed by atoms with E-state index in [4.69, 9.17) is 4.74 Å². The molecule has 3 aliphatic heterocycles. The standard InChI is InChI=1S/C18H32N4O3.2ClH/c23-17(13-16-15-25-12-5-19-16)22-10-8-20(9-11-22)14-18(24)21-6-3-1-2-4-7-21;;/h16,19H,1-15H2;2*1H. The van der Waals surface area contributed by atoms with Crippen LogP contribution in [0, 0.1) is 0 Å². The summed E-state index contributed by atoms with van der Waals surface area (Å²) in [7, 11) is 0. The van der Waals surface area contributed by atoms with Crippen molar-refractivity contribution in [3.63, 3.8) is 0 Å². The highest BCUT2D eigenvalue weighted by atomic mass is 35.5. The van der Waals surface area contributed by atoms with Crippen molar-refractivity contribution in [2.24, 2.45) is 0 Å². The second-order valence-electron chi connectivity index (χ2n) is 7.38. The van der Waals surface area contributed by atoms with E-state index < -0.39 is 0 Å². The third kappa shape index (κ3) is 7.74. The van der Waals surface area contributed by atoms with Gasteiger partial charge < -0.3 is 19.9 Å². The van der Waals surface area contributed by atoms with Gasteiger partial charge in [-0.2, -0.15) is 0 Å². The lowest BCUT2D eigenvalue weighted by Gasteiger charge is -2.36. The van der Waals surface area contributed by atoms with Crippen LogP contribution in [0.4, 0.5) is 0 Å². The zero-order valence-corrected chi connectivity index (χ0v) is 17.7. The Labute approximate surface area is 174 Å². The highest BCUT2D eigenvalue weighted by molar-refractivity contribution is 5.85. The molecule has 9 heteroatoms. The number of likely N-dealkylation sites (tertiary alicyclic amines) is 1. The number of nitrogens with one attached hydrogen (secondary N) is 1. The zero-order chi connectivity index (χ0) is 17.5. The summed E-state index contributed by atoms with van der Waals surface area (Å²) in [5.74, 6) is 0.451. The molecule has 2 amide bonds. The fraction of sp³-hybridized carbons (Fsp3) is 0.889. The van der Waals surface area contributed by atoms with E-state index >= 15 is 0 Å². The molecule has 27 heavy (non-hydrogen) atoms. The van der Waals surface area contributed by atoms with Crippen LogP contribution >= 0.6 is 24.8 Å². The van der Waals surface area contributed by atoms with Crippen molar-refractivity contribution in [2.45, 2.75) is 38.1 Å². The molecule has 0 aromatic rings. The molecule has 0 spiro atoms. The molecule has 1 atom stereocenters. The summed E-state index contributed by atoms with van der Waals surface area (Å²) in [4.78, 5) is 31.1. The van der Waals surface area contributed by atoms with E-state index in [-0.39, 0.29) is 42.7 Å². The molecule has 3 saturated heterocycles. The second-order valence-corrected chi connectivity index (χ2v) is 7.38. The van der Waals surface area contributed by atoms with Crippen molar-refractivity contribution in [1.82, 2.24) is 20.0 Å². The Hall–Kier alpha value is -0.600. The minimum absolute atomic E-state index is 0. The minimum atomic E-state index is 0. The van der Waals surface area contributed by atoms with Gasteiger partial charge in [0.15, 0.2) is 0 Å². The topological polar surface area (TPSA) is 65.1 Å². The normalized spacial score (nSPS) is 24.4. The largest absolute Gasteiger partial charge is 0.378 e. The van der Waals surface area contributed by atoms with Crippen LogP contribution in [0.15, 0.2) is 0 Å². The van der Waals surface area contributed by atoms with Crippen molar-refractivity contribution < 1.29 is 14.3 Å². The number of carbonyl (C=O) groups excluding carboxylic acids is 2. The van der Waals surface area contributed by atoms with Gasteiger partial charge in [0, 0.05) is 58.3 Å². The zero-order valence-electron chi connectivity index (χ0n) is 16.1. The van der Waals surface area contributed by atoms with Gasteiger partial charge in [0.05, 0.1) is 19.8 Å². The molecule has 0 aromatic heterocycles. The maximum atomic E-state index is 12.5. The molecule has 1 unspecified atom stereocenters. The summed E-state index contributed by atoms with van der Waals surface area (Å²) in [5.41, 5.74) is 0. The smallest absolute Gasteiger partial charge is 0.236 e. The molecule has 3 heterocycles. The average Bonchev–Trinajstić information content (AvgIpc) is 2.92. The maximum absolute atomic E-state index is 12.5. The van der Waals surface area contributed by atoms with Crippen molar-refractivity contribution >= 4 is 36.6 Å². The highest BCUT2D eigenvalue weighted by Gasteiger charge is 2.26. The number of hydrogen-bond acceptors (Lipinski definition) is 5. The van der Waals surface area contributed by atoms with E-state index in [9.17, 15) is 9.59 Å². The molecule has 158 valence electrons. The van der Waals surface area contributed by atoms with Crippen LogP contribution in [0.2, 0.25) is 0 Å². The van der Waals surface area contributed by atoms with Gasteiger partial charge in [-0.15, -0.1) is 24.8 Å². The Bertz CT molecular complexity index is 448. The average molecular weight is 425 g/mol. The summed E-state index contributed by atoms with van der Waals surface area (Å²) in [5, 5.41) is 3.33. The number of hydrogen-bond donors (Lipinski definition) is 1. The fourth-order valence-electron chi connectivity index (χ4n) is 3.86. The lowest BCUT2D eigenvalue weighted by atomic mass is 10.1. The van der Waals surface area contributed by atoms with Crippen LogP contribution in [0.3, 0.4) is 0 Å². The number of carbonyl (C=O) groups is 2. The maximum Gasteiger partial charge on any atom is 0.236 e. The van der Waals surface area contributed by atoms with E-state index in [0.717, 1.165) is 65.3 Å². The molecule has 3 rings (SSSR count). The van der Waals surface area contributed by atoms with Crippen molar-refractivity contribution in [2.75, 3.05) is 65.6 Å². The van der Waals surface area contributed by atoms with Crippen LogP contribution in [0.25, 0.3) is 0 Å². The Morgan fingerprint density at radius 3 is 2.07 bits per heavy atom. The number of nitrogens with zero attached hydrogens (tertiary/aromatic N) is 3. The SMILES string of the molecule is Cl.Cl.O=C(CC1COCCN1)N1CCN(CC(=O)N2CCCCCC2)CC1. The van der Waals surface area contributed by atoms with Crippen molar-refractivity contribution in [3.8, 4) is 0 Å². The Kier molecular flexibility index (Phi) is 11.6. The van der Waals surface area contributed by atoms with E-state index in [2.05, 4.69) is 10.2 Å². The summed E-state index contributed by atoms with van der Waals surface area (Å²) in [6, 6.07) is 0.142. The van der Waals surface area contributed by atoms with Gasteiger partial charge in [0.2, 0.25) is 11.8 Å². The van der Waals surface area contributed by atoms with Gasteiger partial charge >= 0.3 is 0 Å². The van der Waals surface area contributed by atoms with Gasteiger partial charge in [-0.1, -0.05) is 12.8 Å². The van der Waals surface area contributed by atoms with Crippen LogP contribution < -0.4 is 5.32 Å². The van der Waals surface area contributed by atoms with Crippen LogP contribution in [-0.4, -0.2) is 98.1 Å². The molecule has 0 saturated carbocycles. The molecule has 3 fully saturated rings. The monoisotopic (exact) mass is 424 g/mol. The lowest BCUT2D eigenvalue weighted by molar-refractivity contribution is -0.135. The van der Waals surface area contributed by atoms with Crippen LogP contribution in [0.5, 0.6) is 0 Å². The van der Waals surface area contributed by atoms with E-state index in [1.807, 2.05) is 9.80 Å². The summed E-state index contributed by atoms with van der Waals surface area (Å²) in [6.45, 7) is 7.52. The number of ether oxygens (including phenoxy) is 1. The summed E-state index contributed by atoms with van der Waals surface area (Å²) < 4.78 is 5.41. The predicted molar refractivity (Wildman–Crippen MR) is 110 cm³/mol. The molecule has 0 aromatic carbocycles. The molecule has 7 nitrogen and oxygen atoms in total. The number of morpholine rings is 1. The third-order valence-electron chi connectivity index (χ3n) is 5.46. The number of rotatable bonds is 4. The number of amides is 2. The van der Waals surface area contributed by atoms with Gasteiger partial charge in [-0.25, -0.2) is 0 Å². The van der Waals surface area contributed by atoms with E-state index in [1.165, 1.54) is 12.8 Å². The third-order valence-corrected chi connectivity index (χ3v) is 5.46. The van der Waals surface area contributed by atoms with E-state index in [1.54, 1.807) is 0 Å². The van der Waals surface area contributed by atoms with Gasteiger partial charge in [0.1, 0.15) is 0 Å². The van der Waals surface area contributed by atoms with Gasteiger partial charge in [-0.05, 0) is 12.8 Å². The minimum Gasteiger partial charge on any atom is -0.378 e. The fourth-order valence-corrected chi connectivity index (χ4v) is 3.86. The molecule has 0 radical (unpaired) electrons. The Morgan fingerprint density at radius 2 is 1.48 bits per heavy atom. The van der Waals surface area contributed by atoms with Gasteiger partial charge in [0.25, 0.3) is 0 Å². The molecular formula is C18H34Cl2N4O3. The summed E-state index contributed by atoms with van der Waals surface area (Å²) >= 11 is 0.